The number of anilines is 1. The summed E-state index contributed by atoms with van der Waals surface area (Å²) in [6.45, 7) is 4.90. The summed E-state index contributed by atoms with van der Waals surface area (Å²) in [5, 5.41) is 4.80. The highest BCUT2D eigenvalue weighted by molar-refractivity contribution is 6.31. The fourth-order valence-corrected chi connectivity index (χ4v) is 4.99. The summed E-state index contributed by atoms with van der Waals surface area (Å²) in [5.41, 5.74) is -2.45. The molecular formula is C28H27ClF5N5O3. The molecule has 0 fully saturated rings. The van der Waals surface area contributed by atoms with Crippen molar-refractivity contribution in [2.24, 2.45) is 0 Å². The summed E-state index contributed by atoms with van der Waals surface area (Å²) in [5.74, 6) is -1.37. The minimum absolute atomic E-state index is 0.0208. The first-order chi connectivity index (χ1) is 19.6. The highest BCUT2D eigenvalue weighted by Crippen LogP contribution is 2.36. The number of hydrogen-bond acceptors (Lipinski definition) is 5. The Morgan fingerprint density at radius 3 is 2.36 bits per heavy atom. The maximum Gasteiger partial charge on any atom is 0.417 e. The third-order valence-corrected chi connectivity index (χ3v) is 7.13. The molecule has 1 aliphatic heterocycles. The van der Waals surface area contributed by atoms with Crippen molar-refractivity contribution in [3.05, 3.63) is 85.3 Å². The molecule has 42 heavy (non-hydrogen) atoms. The zero-order valence-corrected chi connectivity index (χ0v) is 23.7. The molecule has 2 aromatic carbocycles. The molecule has 224 valence electrons. The van der Waals surface area contributed by atoms with E-state index in [9.17, 15) is 36.3 Å². The standard InChI is InChI=1S/C28H27ClF5N5O3/c1-13(2)36-27-37-21-12-38(25(41)16-5-7-20(29)19(11-16)28(32,33)34)14(3)9-17(21)26(42)39(27)22-8-6-15(24(40)35-4)10-18(22)23(30)31/h5-8,10-11,13-14,23H,9,12H2,1-4H3,(H,35,40)(H,36,37)/t14-/m1/s1. The van der Waals surface area contributed by atoms with Crippen LogP contribution in [0.2, 0.25) is 5.02 Å². The van der Waals surface area contributed by atoms with E-state index in [1.54, 1.807) is 20.8 Å². The minimum atomic E-state index is -4.77. The van der Waals surface area contributed by atoms with Crippen molar-refractivity contribution in [1.82, 2.24) is 19.8 Å². The van der Waals surface area contributed by atoms with Gasteiger partial charge in [0.2, 0.25) is 5.95 Å². The van der Waals surface area contributed by atoms with Crippen LogP contribution in [0, 0.1) is 0 Å². The first kappa shape index (κ1) is 30.9. The molecule has 4 rings (SSSR count). The van der Waals surface area contributed by atoms with Crippen LogP contribution in [0.15, 0.2) is 41.2 Å². The van der Waals surface area contributed by atoms with E-state index in [4.69, 9.17) is 11.6 Å². The molecule has 0 spiro atoms. The number of nitrogens with one attached hydrogen (secondary N) is 2. The second-order valence-electron chi connectivity index (χ2n) is 10.1. The summed E-state index contributed by atoms with van der Waals surface area (Å²) >= 11 is 5.70. The van der Waals surface area contributed by atoms with Crippen molar-refractivity contribution in [3.8, 4) is 5.69 Å². The van der Waals surface area contributed by atoms with Gasteiger partial charge in [-0.3, -0.25) is 14.4 Å². The van der Waals surface area contributed by atoms with Gasteiger partial charge in [-0.05, 0) is 63.6 Å². The topological polar surface area (TPSA) is 96.3 Å². The van der Waals surface area contributed by atoms with E-state index in [1.165, 1.54) is 30.1 Å². The van der Waals surface area contributed by atoms with E-state index in [0.717, 1.165) is 16.7 Å². The predicted octanol–water partition coefficient (Wildman–Crippen LogP) is 5.61. The van der Waals surface area contributed by atoms with E-state index in [1.807, 2.05) is 0 Å². The highest BCUT2D eigenvalue weighted by atomic mass is 35.5. The Kier molecular flexibility index (Phi) is 8.63. The number of amides is 2. The molecule has 1 aliphatic rings. The van der Waals surface area contributed by atoms with Crippen LogP contribution in [0.1, 0.15) is 70.3 Å². The van der Waals surface area contributed by atoms with Crippen molar-refractivity contribution in [2.75, 3.05) is 12.4 Å². The first-order valence-corrected chi connectivity index (χ1v) is 13.2. The third kappa shape index (κ3) is 5.96. The van der Waals surface area contributed by atoms with Gasteiger partial charge >= 0.3 is 6.18 Å². The number of fused-ring (bicyclic) bond motifs is 1. The van der Waals surface area contributed by atoms with Gasteiger partial charge in [0, 0.05) is 41.4 Å². The van der Waals surface area contributed by atoms with Crippen LogP contribution in [0.25, 0.3) is 5.69 Å². The predicted molar refractivity (Wildman–Crippen MR) is 146 cm³/mol. The second kappa shape index (κ2) is 11.7. The van der Waals surface area contributed by atoms with Gasteiger partial charge in [-0.1, -0.05) is 11.6 Å². The number of rotatable bonds is 6. The van der Waals surface area contributed by atoms with Crippen LogP contribution in [0.4, 0.5) is 27.9 Å². The fraction of sp³-hybridized carbons (Fsp3) is 0.357. The summed E-state index contributed by atoms with van der Waals surface area (Å²) in [7, 11) is 1.36. The van der Waals surface area contributed by atoms with Crippen LogP contribution in [-0.4, -0.2) is 45.4 Å². The highest BCUT2D eigenvalue weighted by Gasteiger charge is 2.36. The molecule has 1 aromatic heterocycles. The number of halogens is 6. The van der Waals surface area contributed by atoms with Gasteiger partial charge in [0.1, 0.15) is 0 Å². The molecule has 0 aliphatic carbocycles. The van der Waals surface area contributed by atoms with Crippen molar-refractivity contribution < 1.29 is 31.5 Å². The summed E-state index contributed by atoms with van der Waals surface area (Å²) in [6.07, 6.45) is -7.84. The lowest BCUT2D eigenvalue weighted by Crippen LogP contribution is -2.46. The van der Waals surface area contributed by atoms with Crippen LogP contribution < -0.4 is 16.2 Å². The van der Waals surface area contributed by atoms with E-state index in [-0.39, 0.29) is 53.0 Å². The van der Waals surface area contributed by atoms with Gasteiger partial charge in [0.15, 0.2) is 0 Å². The number of carbonyl (C=O) groups excluding carboxylic acids is 2. The largest absolute Gasteiger partial charge is 0.417 e. The molecule has 0 unspecified atom stereocenters. The number of nitrogens with zero attached hydrogens (tertiary/aromatic N) is 3. The Bertz CT molecular complexity index is 1610. The van der Waals surface area contributed by atoms with Gasteiger partial charge in [0.25, 0.3) is 23.8 Å². The van der Waals surface area contributed by atoms with Crippen molar-refractivity contribution in [1.29, 1.82) is 0 Å². The van der Waals surface area contributed by atoms with E-state index in [2.05, 4.69) is 15.6 Å². The van der Waals surface area contributed by atoms with Crippen molar-refractivity contribution in [3.63, 3.8) is 0 Å². The zero-order valence-electron chi connectivity index (χ0n) is 22.9. The van der Waals surface area contributed by atoms with Gasteiger partial charge in [-0.15, -0.1) is 0 Å². The van der Waals surface area contributed by atoms with Gasteiger partial charge < -0.3 is 15.5 Å². The van der Waals surface area contributed by atoms with Crippen LogP contribution in [0.3, 0.4) is 0 Å². The van der Waals surface area contributed by atoms with E-state index >= 15 is 0 Å². The van der Waals surface area contributed by atoms with E-state index in [0.29, 0.717) is 6.07 Å². The molecule has 0 bridgehead atoms. The van der Waals surface area contributed by atoms with Gasteiger partial charge in [-0.2, -0.15) is 13.2 Å². The van der Waals surface area contributed by atoms with Crippen LogP contribution >= 0.6 is 11.6 Å². The smallest absolute Gasteiger partial charge is 0.355 e. The van der Waals surface area contributed by atoms with Gasteiger partial charge in [-0.25, -0.2) is 18.3 Å². The molecule has 14 heteroatoms. The molecule has 0 saturated carbocycles. The first-order valence-electron chi connectivity index (χ1n) is 12.9. The molecule has 3 aromatic rings. The van der Waals surface area contributed by atoms with Gasteiger partial charge in [0.05, 0.1) is 28.5 Å². The minimum Gasteiger partial charge on any atom is -0.355 e. The van der Waals surface area contributed by atoms with Crippen molar-refractivity contribution in [2.45, 2.75) is 58.4 Å². The molecule has 2 heterocycles. The monoisotopic (exact) mass is 611 g/mol. The Morgan fingerprint density at radius 2 is 1.76 bits per heavy atom. The lowest BCUT2D eigenvalue weighted by atomic mass is 9.98. The SMILES string of the molecule is CNC(=O)c1ccc(-n2c(NC(C)C)nc3c(c2=O)C[C@@H](C)N(C(=O)c2ccc(Cl)c(C(F)(F)F)c2)C3)c(C(F)F)c1. The maximum atomic E-state index is 14.2. The lowest BCUT2D eigenvalue weighted by Gasteiger charge is -2.35. The molecule has 0 radical (unpaired) electrons. The number of aromatic nitrogens is 2. The fourth-order valence-electron chi connectivity index (χ4n) is 4.77. The van der Waals surface area contributed by atoms with Crippen LogP contribution in [0.5, 0.6) is 0 Å². The van der Waals surface area contributed by atoms with Crippen LogP contribution in [-0.2, 0) is 19.1 Å². The molecule has 0 saturated heterocycles. The quantitative estimate of drug-likeness (QED) is 0.353. The number of hydrogen-bond donors (Lipinski definition) is 2. The summed E-state index contributed by atoms with van der Waals surface area (Å²) < 4.78 is 69.7. The molecule has 2 N–H and O–H groups in total. The number of alkyl halides is 5. The second-order valence-corrected chi connectivity index (χ2v) is 10.5. The Balaban J connectivity index is 1.82. The Morgan fingerprint density at radius 1 is 1.10 bits per heavy atom. The Labute approximate surface area is 242 Å². The molecular weight excluding hydrogens is 585 g/mol. The number of benzene rings is 2. The average Bonchev–Trinajstić information content (AvgIpc) is 2.91. The summed E-state index contributed by atoms with van der Waals surface area (Å²) in [6, 6.07) is 5.49. The normalized spacial score (nSPS) is 15.1. The summed E-state index contributed by atoms with van der Waals surface area (Å²) in [4.78, 5) is 45.1. The van der Waals surface area contributed by atoms with Crippen molar-refractivity contribution >= 4 is 29.4 Å². The lowest BCUT2D eigenvalue weighted by molar-refractivity contribution is -0.137. The average molecular weight is 612 g/mol. The molecule has 8 nitrogen and oxygen atoms in total. The Hall–Kier alpha value is -4.00. The molecule has 1 atom stereocenters. The zero-order chi connectivity index (χ0) is 31.1. The maximum absolute atomic E-state index is 14.2. The van der Waals surface area contributed by atoms with E-state index < -0.39 is 52.2 Å². The molecule has 2 amide bonds. The third-order valence-electron chi connectivity index (χ3n) is 6.80. The number of carbonyl (C=O) groups is 2.